The summed E-state index contributed by atoms with van der Waals surface area (Å²) in [5, 5.41) is 20.5. The number of hydrogen-bond donors (Lipinski definition) is 2. The molecule has 0 spiro atoms. The SMILES string of the molecule is Oc1cccc2ccccc12.Oc1ccccc1C=[N][Co]. The summed E-state index contributed by atoms with van der Waals surface area (Å²) in [4.78, 5) is 0. The molecule has 3 aromatic carbocycles. The molecule has 0 heterocycles. The second-order valence-electron chi connectivity index (χ2n) is 4.27. The molecule has 0 aliphatic carbocycles. The molecule has 0 fully saturated rings. The summed E-state index contributed by atoms with van der Waals surface area (Å²) < 4.78 is 3.47. The van der Waals surface area contributed by atoms with Gasteiger partial charge in [0.25, 0.3) is 0 Å². The Hall–Kier alpha value is -2.30. The number of phenolic OH excluding ortho intramolecular Hbond substituents is 2. The topological polar surface area (TPSA) is 52.8 Å². The third kappa shape index (κ3) is 4.08. The molecular formula is C17H14CoNO2. The van der Waals surface area contributed by atoms with Crippen molar-refractivity contribution in [1.29, 1.82) is 0 Å². The Morgan fingerprint density at radius 2 is 1.38 bits per heavy atom. The van der Waals surface area contributed by atoms with Gasteiger partial charge in [-0.3, -0.25) is 0 Å². The van der Waals surface area contributed by atoms with Gasteiger partial charge in [0.15, 0.2) is 0 Å². The van der Waals surface area contributed by atoms with Crippen LogP contribution >= 0.6 is 0 Å². The first-order chi connectivity index (χ1) is 10.2. The van der Waals surface area contributed by atoms with Crippen molar-refractivity contribution in [3.63, 3.8) is 0 Å². The fraction of sp³-hybridized carbons (Fsp3) is 0. The van der Waals surface area contributed by atoms with Crippen molar-refractivity contribution in [1.82, 2.24) is 0 Å². The number of rotatable bonds is 1. The van der Waals surface area contributed by atoms with Crippen molar-refractivity contribution in [3.05, 3.63) is 72.3 Å². The summed E-state index contributed by atoms with van der Waals surface area (Å²) >= 11 is 3.68. The zero-order valence-corrected chi connectivity index (χ0v) is 12.1. The number of aromatic hydroxyl groups is 2. The molecule has 0 aliphatic rings. The molecule has 0 radical (unpaired) electrons. The van der Waals surface area contributed by atoms with Gasteiger partial charge < -0.3 is 5.11 Å². The second kappa shape index (κ2) is 7.47. The molecule has 0 bridgehead atoms. The summed E-state index contributed by atoms with van der Waals surface area (Å²) in [6, 6.07) is 20.2. The molecule has 0 aliphatic heterocycles. The molecule has 0 saturated heterocycles. The van der Waals surface area contributed by atoms with Crippen LogP contribution in [0, 0.1) is 0 Å². The fourth-order valence-corrected chi connectivity index (χ4v) is 2.00. The van der Waals surface area contributed by atoms with E-state index in [-0.39, 0.29) is 5.75 Å². The number of phenols is 2. The molecule has 0 amide bonds. The van der Waals surface area contributed by atoms with E-state index in [2.05, 4.69) is 20.0 Å². The molecule has 3 rings (SSSR count). The van der Waals surface area contributed by atoms with Crippen LogP contribution in [0.15, 0.2) is 70.8 Å². The molecule has 3 nitrogen and oxygen atoms in total. The van der Waals surface area contributed by atoms with Gasteiger partial charge in [-0.15, -0.1) is 0 Å². The molecule has 3 aromatic rings. The van der Waals surface area contributed by atoms with Crippen molar-refractivity contribution >= 4 is 17.0 Å². The third-order valence-electron chi connectivity index (χ3n) is 2.89. The van der Waals surface area contributed by atoms with Crippen LogP contribution in [0.1, 0.15) is 5.56 Å². The molecular weight excluding hydrogens is 309 g/mol. The normalized spacial score (nSPS) is 10.4. The van der Waals surface area contributed by atoms with Crippen LogP contribution < -0.4 is 0 Å². The first-order valence-corrected chi connectivity index (χ1v) is 6.76. The minimum atomic E-state index is 0.221. The molecule has 108 valence electrons. The Kier molecular flexibility index (Phi) is 5.37. The average Bonchev–Trinajstić information content (AvgIpc) is 2.51. The van der Waals surface area contributed by atoms with Crippen molar-refractivity contribution in [2.45, 2.75) is 0 Å². The molecule has 0 atom stereocenters. The van der Waals surface area contributed by atoms with Gasteiger partial charge in [-0.2, -0.15) is 0 Å². The van der Waals surface area contributed by atoms with Crippen LogP contribution in [0.5, 0.6) is 11.5 Å². The van der Waals surface area contributed by atoms with E-state index in [0.29, 0.717) is 11.3 Å². The zero-order valence-electron chi connectivity index (χ0n) is 11.1. The number of nitrogens with zero attached hydrogens (tertiary/aromatic N) is 1. The Labute approximate surface area is 131 Å². The number of hydrogen-bond acceptors (Lipinski definition) is 3. The van der Waals surface area contributed by atoms with E-state index in [0.717, 1.165) is 10.8 Å². The zero-order chi connectivity index (χ0) is 15.1. The number of fused-ring (bicyclic) bond motifs is 1. The van der Waals surface area contributed by atoms with Gasteiger partial charge in [0.05, 0.1) is 0 Å². The second-order valence-corrected chi connectivity index (χ2v) is 4.54. The summed E-state index contributed by atoms with van der Waals surface area (Å²) in [6.45, 7) is 0. The van der Waals surface area contributed by atoms with Gasteiger partial charge >= 0.3 is 66.9 Å². The van der Waals surface area contributed by atoms with E-state index in [1.54, 1.807) is 24.3 Å². The van der Waals surface area contributed by atoms with E-state index >= 15 is 0 Å². The molecule has 2 N–H and O–H groups in total. The number of para-hydroxylation sites is 1. The summed E-state index contributed by atoms with van der Waals surface area (Å²) in [7, 11) is 0. The van der Waals surface area contributed by atoms with Gasteiger partial charge in [0, 0.05) is 5.39 Å². The van der Waals surface area contributed by atoms with Gasteiger partial charge in [-0.1, -0.05) is 36.4 Å². The first kappa shape index (κ1) is 15.1. The quantitative estimate of drug-likeness (QED) is 0.669. The maximum absolute atomic E-state index is 9.37. The van der Waals surface area contributed by atoms with E-state index in [9.17, 15) is 5.11 Å². The molecule has 4 heteroatoms. The molecule has 0 aromatic heterocycles. The van der Waals surface area contributed by atoms with Crippen LogP contribution in [0.25, 0.3) is 10.8 Å². The first-order valence-electron chi connectivity index (χ1n) is 6.29. The summed E-state index contributed by atoms with van der Waals surface area (Å²) in [5.74, 6) is 0.571. The monoisotopic (exact) mass is 323 g/mol. The predicted molar refractivity (Wildman–Crippen MR) is 81.3 cm³/mol. The Morgan fingerprint density at radius 1 is 0.762 bits per heavy atom. The van der Waals surface area contributed by atoms with E-state index in [4.69, 9.17) is 5.11 Å². The maximum atomic E-state index is 9.37. The van der Waals surface area contributed by atoms with Gasteiger partial charge in [0.2, 0.25) is 0 Å². The van der Waals surface area contributed by atoms with Gasteiger partial charge in [0.1, 0.15) is 5.75 Å². The van der Waals surface area contributed by atoms with Crippen LogP contribution in [0.3, 0.4) is 0 Å². The van der Waals surface area contributed by atoms with Gasteiger partial charge in [-0.05, 0) is 11.5 Å². The molecule has 21 heavy (non-hydrogen) atoms. The van der Waals surface area contributed by atoms with Crippen molar-refractivity contribution in [3.8, 4) is 11.5 Å². The molecule has 0 saturated carbocycles. The van der Waals surface area contributed by atoms with Crippen LogP contribution in [-0.2, 0) is 16.0 Å². The van der Waals surface area contributed by atoms with E-state index in [1.807, 2.05) is 42.5 Å². The Morgan fingerprint density at radius 3 is 2.10 bits per heavy atom. The predicted octanol–water partition coefficient (Wildman–Crippen LogP) is 3.82. The number of benzene rings is 3. The van der Waals surface area contributed by atoms with Crippen LogP contribution in [0.2, 0.25) is 0 Å². The summed E-state index contributed by atoms with van der Waals surface area (Å²) in [6.07, 6.45) is 1.48. The van der Waals surface area contributed by atoms with Crippen LogP contribution in [-0.4, -0.2) is 16.4 Å². The summed E-state index contributed by atoms with van der Waals surface area (Å²) in [5.41, 5.74) is 0.677. The minimum absolute atomic E-state index is 0.221. The van der Waals surface area contributed by atoms with Crippen molar-refractivity contribution in [2.24, 2.45) is 4.04 Å². The fourth-order valence-electron chi connectivity index (χ4n) is 1.85. The van der Waals surface area contributed by atoms with Crippen LogP contribution in [0.4, 0.5) is 0 Å². The Balaban J connectivity index is 0.000000155. The van der Waals surface area contributed by atoms with E-state index < -0.39 is 0 Å². The van der Waals surface area contributed by atoms with Gasteiger partial charge in [-0.25, -0.2) is 0 Å². The standard InChI is InChI=1S/C10H8O.C7H6NO.Co/c11-10-7-3-5-8-4-1-2-6-9(8)10;8-5-6-3-1-2-4-7(6)9;/h1-7,11H;1-5,9H;/q;-1;+1. The Bertz CT molecular complexity index is 751. The van der Waals surface area contributed by atoms with Crippen molar-refractivity contribution in [2.75, 3.05) is 0 Å². The average molecular weight is 323 g/mol. The molecule has 0 unspecified atom stereocenters. The van der Waals surface area contributed by atoms with E-state index in [1.165, 1.54) is 6.21 Å². The third-order valence-corrected chi connectivity index (χ3v) is 3.02. The van der Waals surface area contributed by atoms with Crippen molar-refractivity contribution < 1.29 is 26.2 Å².